The summed E-state index contributed by atoms with van der Waals surface area (Å²) >= 11 is 7.67. The van der Waals surface area contributed by atoms with Gasteiger partial charge in [0.05, 0.1) is 5.01 Å². The molecule has 1 N–H and O–H groups in total. The minimum absolute atomic E-state index is 0.527. The maximum absolute atomic E-state index is 6.01. The van der Waals surface area contributed by atoms with Crippen molar-refractivity contribution in [1.29, 1.82) is 0 Å². The first-order valence-corrected chi connectivity index (χ1v) is 6.68. The van der Waals surface area contributed by atoms with Gasteiger partial charge in [0.25, 0.3) is 0 Å². The van der Waals surface area contributed by atoms with Crippen LogP contribution in [0.1, 0.15) is 17.5 Å². The van der Waals surface area contributed by atoms with E-state index in [1.165, 1.54) is 6.33 Å². The van der Waals surface area contributed by atoms with E-state index in [9.17, 15) is 0 Å². The van der Waals surface area contributed by atoms with Crippen LogP contribution in [0.15, 0.2) is 17.9 Å². The maximum Gasteiger partial charge on any atom is 0.137 e. The van der Waals surface area contributed by atoms with Crippen molar-refractivity contribution >= 4 is 28.8 Å². The van der Waals surface area contributed by atoms with Crippen molar-refractivity contribution in [3.05, 3.63) is 33.6 Å². The van der Waals surface area contributed by atoms with Crippen molar-refractivity contribution in [2.75, 3.05) is 11.9 Å². The molecular formula is C11H13ClN4S. The molecular weight excluding hydrogens is 256 g/mol. The van der Waals surface area contributed by atoms with Crippen LogP contribution < -0.4 is 5.32 Å². The summed E-state index contributed by atoms with van der Waals surface area (Å²) in [5.41, 5.74) is 0.966. The fourth-order valence-electron chi connectivity index (χ4n) is 1.52. The molecule has 0 aliphatic carbocycles. The second kappa shape index (κ2) is 5.93. The fourth-order valence-corrected chi connectivity index (χ4v) is 2.41. The van der Waals surface area contributed by atoms with E-state index < -0.39 is 0 Å². The second-order valence-electron chi connectivity index (χ2n) is 3.45. The molecule has 0 amide bonds. The van der Waals surface area contributed by atoms with E-state index in [0.717, 1.165) is 35.8 Å². The average Bonchev–Trinajstić information content (AvgIpc) is 2.82. The molecule has 0 saturated heterocycles. The van der Waals surface area contributed by atoms with Gasteiger partial charge in [-0.05, 0) is 6.42 Å². The lowest BCUT2D eigenvalue weighted by molar-refractivity contribution is 0.962. The molecule has 0 aliphatic heterocycles. The predicted octanol–water partition coefficient (Wildman–Crippen LogP) is 2.80. The molecule has 0 unspecified atom stereocenters. The summed E-state index contributed by atoms with van der Waals surface area (Å²) in [4.78, 5) is 12.4. The molecule has 2 aromatic rings. The third-order valence-electron chi connectivity index (χ3n) is 2.36. The molecule has 0 aliphatic rings. The molecule has 90 valence electrons. The quantitative estimate of drug-likeness (QED) is 0.848. The minimum Gasteiger partial charge on any atom is -0.369 e. The van der Waals surface area contributed by atoms with Crippen LogP contribution in [-0.4, -0.2) is 21.5 Å². The Morgan fingerprint density at radius 1 is 1.35 bits per heavy atom. The molecule has 2 heterocycles. The second-order valence-corrected chi connectivity index (χ2v) is 4.78. The Morgan fingerprint density at radius 3 is 2.94 bits per heavy atom. The molecule has 2 rings (SSSR count). The van der Waals surface area contributed by atoms with Gasteiger partial charge in [-0.1, -0.05) is 18.5 Å². The van der Waals surface area contributed by atoms with Crippen molar-refractivity contribution in [3.8, 4) is 0 Å². The highest BCUT2D eigenvalue weighted by Crippen LogP contribution is 2.20. The van der Waals surface area contributed by atoms with Crippen molar-refractivity contribution in [1.82, 2.24) is 15.0 Å². The summed E-state index contributed by atoms with van der Waals surface area (Å²) in [6, 6.07) is 0. The molecule has 6 heteroatoms. The van der Waals surface area contributed by atoms with Crippen LogP contribution in [0.5, 0.6) is 0 Å². The topological polar surface area (TPSA) is 50.7 Å². The monoisotopic (exact) mass is 268 g/mol. The maximum atomic E-state index is 6.01. The van der Waals surface area contributed by atoms with Gasteiger partial charge in [0.15, 0.2) is 0 Å². The van der Waals surface area contributed by atoms with E-state index in [1.54, 1.807) is 11.3 Å². The van der Waals surface area contributed by atoms with Gasteiger partial charge in [-0.3, -0.25) is 0 Å². The van der Waals surface area contributed by atoms with Crippen LogP contribution in [0.4, 0.5) is 5.82 Å². The third kappa shape index (κ3) is 3.14. The van der Waals surface area contributed by atoms with Gasteiger partial charge in [0.1, 0.15) is 17.3 Å². The number of hydrogen-bond acceptors (Lipinski definition) is 5. The zero-order chi connectivity index (χ0) is 12.1. The van der Waals surface area contributed by atoms with Crippen LogP contribution in [-0.2, 0) is 12.8 Å². The molecule has 2 aromatic heterocycles. The first-order valence-electron chi connectivity index (χ1n) is 5.43. The molecule has 0 aromatic carbocycles. The normalized spacial score (nSPS) is 10.5. The van der Waals surface area contributed by atoms with Crippen molar-refractivity contribution in [2.24, 2.45) is 0 Å². The molecule has 0 saturated carbocycles. The summed E-state index contributed by atoms with van der Waals surface area (Å²) in [6.45, 7) is 2.84. The van der Waals surface area contributed by atoms with Gasteiger partial charge in [-0.2, -0.15) is 0 Å². The number of anilines is 1. The van der Waals surface area contributed by atoms with E-state index >= 15 is 0 Å². The zero-order valence-corrected chi connectivity index (χ0v) is 11.1. The Bertz CT molecular complexity index is 472. The van der Waals surface area contributed by atoms with Crippen LogP contribution in [0, 0.1) is 0 Å². The summed E-state index contributed by atoms with van der Waals surface area (Å²) in [5.74, 6) is 0.823. The highest BCUT2D eigenvalue weighted by molar-refractivity contribution is 7.09. The Kier molecular flexibility index (Phi) is 4.28. The smallest absolute Gasteiger partial charge is 0.137 e. The highest BCUT2D eigenvalue weighted by atomic mass is 35.5. The largest absolute Gasteiger partial charge is 0.369 e. The molecule has 0 spiro atoms. The summed E-state index contributed by atoms with van der Waals surface area (Å²) in [5, 5.41) is 6.90. The van der Waals surface area contributed by atoms with Gasteiger partial charge < -0.3 is 5.32 Å². The van der Waals surface area contributed by atoms with Crippen molar-refractivity contribution < 1.29 is 0 Å². The van der Waals surface area contributed by atoms with E-state index in [4.69, 9.17) is 11.6 Å². The number of aromatic nitrogens is 3. The SMILES string of the molecule is CCc1c(Cl)ncnc1NCCc1nccs1. The van der Waals surface area contributed by atoms with E-state index in [-0.39, 0.29) is 0 Å². The highest BCUT2D eigenvalue weighted by Gasteiger charge is 2.07. The van der Waals surface area contributed by atoms with Gasteiger partial charge in [-0.25, -0.2) is 15.0 Å². The first kappa shape index (κ1) is 12.3. The van der Waals surface area contributed by atoms with Crippen LogP contribution in [0.2, 0.25) is 5.15 Å². The lowest BCUT2D eigenvalue weighted by Crippen LogP contribution is -2.09. The van der Waals surface area contributed by atoms with Crippen LogP contribution in [0.3, 0.4) is 0 Å². The Labute approximate surface area is 109 Å². The predicted molar refractivity (Wildman–Crippen MR) is 70.7 cm³/mol. The fraction of sp³-hybridized carbons (Fsp3) is 0.364. The zero-order valence-electron chi connectivity index (χ0n) is 9.48. The number of nitrogens with one attached hydrogen (secondary N) is 1. The van der Waals surface area contributed by atoms with Gasteiger partial charge in [-0.15, -0.1) is 11.3 Å². The minimum atomic E-state index is 0.527. The molecule has 4 nitrogen and oxygen atoms in total. The number of rotatable bonds is 5. The first-order chi connectivity index (χ1) is 8.31. The standard InChI is InChI=1S/C11H13ClN4S/c1-2-8-10(12)15-7-16-11(8)14-4-3-9-13-5-6-17-9/h5-7H,2-4H2,1H3,(H,14,15,16). The molecule has 0 bridgehead atoms. The summed E-state index contributed by atoms with van der Waals surface area (Å²) < 4.78 is 0. The molecule has 0 fully saturated rings. The summed E-state index contributed by atoms with van der Waals surface area (Å²) in [7, 11) is 0. The van der Waals surface area contributed by atoms with Crippen LogP contribution in [0.25, 0.3) is 0 Å². The number of thiazole rings is 1. The number of hydrogen-bond donors (Lipinski definition) is 1. The third-order valence-corrected chi connectivity index (χ3v) is 3.53. The van der Waals surface area contributed by atoms with Crippen LogP contribution >= 0.6 is 22.9 Å². The summed E-state index contributed by atoms with van der Waals surface area (Å²) in [6.07, 6.45) is 5.01. The number of nitrogens with zero attached hydrogens (tertiary/aromatic N) is 3. The van der Waals surface area contributed by atoms with Gasteiger partial charge in [0, 0.05) is 30.1 Å². The lowest BCUT2D eigenvalue weighted by Gasteiger charge is -2.09. The Hall–Kier alpha value is -1.20. The van der Waals surface area contributed by atoms with E-state index in [1.807, 2.05) is 18.5 Å². The van der Waals surface area contributed by atoms with E-state index in [0.29, 0.717) is 5.15 Å². The Balaban J connectivity index is 1.97. The molecule has 0 atom stereocenters. The van der Waals surface area contributed by atoms with Crippen molar-refractivity contribution in [2.45, 2.75) is 19.8 Å². The molecule has 0 radical (unpaired) electrons. The van der Waals surface area contributed by atoms with Gasteiger partial charge in [0.2, 0.25) is 0 Å². The Morgan fingerprint density at radius 2 is 2.24 bits per heavy atom. The average molecular weight is 269 g/mol. The number of halogens is 1. The van der Waals surface area contributed by atoms with E-state index in [2.05, 4.69) is 20.3 Å². The lowest BCUT2D eigenvalue weighted by atomic mass is 10.2. The van der Waals surface area contributed by atoms with Crippen molar-refractivity contribution in [3.63, 3.8) is 0 Å². The van der Waals surface area contributed by atoms with Gasteiger partial charge >= 0.3 is 0 Å². The molecule has 17 heavy (non-hydrogen) atoms.